The molecule has 2 aliphatic rings. The summed E-state index contributed by atoms with van der Waals surface area (Å²) < 4.78 is 38.4. The summed E-state index contributed by atoms with van der Waals surface area (Å²) in [6.07, 6.45) is 0.0764. The van der Waals surface area contributed by atoms with Crippen molar-refractivity contribution in [1.82, 2.24) is 14.9 Å². The van der Waals surface area contributed by atoms with E-state index in [9.17, 15) is 28.9 Å². The van der Waals surface area contributed by atoms with Gasteiger partial charge in [0.05, 0.1) is 45.3 Å². The van der Waals surface area contributed by atoms with E-state index in [4.69, 9.17) is 9.47 Å². The van der Waals surface area contributed by atoms with Crippen molar-refractivity contribution in [2.24, 2.45) is 5.41 Å². The summed E-state index contributed by atoms with van der Waals surface area (Å²) in [7, 11) is 1.56. The van der Waals surface area contributed by atoms with E-state index in [0.29, 0.717) is 46.1 Å². The molecule has 2 aromatic heterocycles. The molecule has 0 bridgehead atoms. The molecule has 0 aliphatic carbocycles. The van der Waals surface area contributed by atoms with Crippen molar-refractivity contribution in [3.63, 3.8) is 0 Å². The number of amides is 1. The molecule has 2 saturated heterocycles. The summed E-state index contributed by atoms with van der Waals surface area (Å²) in [5, 5.41) is 29.7. The third kappa shape index (κ3) is 7.71. The van der Waals surface area contributed by atoms with Crippen molar-refractivity contribution in [2.75, 3.05) is 44.8 Å². The van der Waals surface area contributed by atoms with Gasteiger partial charge in [-0.25, -0.2) is 18.7 Å². The van der Waals surface area contributed by atoms with Crippen LogP contribution in [0.25, 0.3) is 0 Å². The first-order chi connectivity index (χ1) is 21.3. The van der Waals surface area contributed by atoms with Gasteiger partial charge >= 0.3 is 0 Å². The molecule has 4 atom stereocenters. The number of pyridine rings is 2. The normalized spacial score (nSPS) is 21.0. The van der Waals surface area contributed by atoms with Gasteiger partial charge in [0.15, 0.2) is 17.6 Å². The van der Waals surface area contributed by atoms with Crippen LogP contribution in [0, 0.1) is 30.9 Å². The number of ether oxygens (including phenoxy) is 2. The molecule has 0 spiro atoms. The Kier molecular flexibility index (Phi) is 11.0. The van der Waals surface area contributed by atoms with E-state index < -0.39 is 30.1 Å². The third-order valence-electron chi connectivity index (χ3n) is 8.56. The number of aliphatic hydroxyl groups is 3. The number of nitrogens with zero attached hydrogens (tertiary/aromatic N) is 4. The van der Waals surface area contributed by atoms with E-state index in [2.05, 4.69) is 25.9 Å². The molecule has 5 rings (SSSR count). The lowest BCUT2D eigenvalue weighted by Gasteiger charge is -2.40. The molecule has 1 amide bonds. The van der Waals surface area contributed by atoms with Crippen LogP contribution < -0.4 is 14.4 Å². The van der Waals surface area contributed by atoms with E-state index in [1.165, 1.54) is 17.3 Å². The second kappa shape index (κ2) is 14.4. The molecule has 13 heteroatoms. The third-order valence-corrected chi connectivity index (χ3v) is 8.99. The van der Waals surface area contributed by atoms with Crippen LogP contribution in [0.2, 0.25) is 0 Å². The van der Waals surface area contributed by atoms with Crippen molar-refractivity contribution in [2.45, 2.75) is 51.9 Å². The molecule has 4 heterocycles. The number of methoxy groups -OCH3 is 1. The van der Waals surface area contributed by atoms with Gasteiger partial charge < -0.3 is 34.6 Å². The van der Waals surface area contributed by atoms with Crippen LogP contribution in [0.5, 0.6) is 11.5 Å². The number of halogens is 3. The number of hydrogen-bond acceptors (Lipinski definition) is 9. The van der Waals surface area contributed by atoms with Gasteiger partial charge in [0, 0.05) is 24.4 Å². The quantitative estimate of drug-likeness (QED) is 0.303. The van der Waals surface area contributed by atoms with Gasteiger partial charge in [0.2, 0.25) is 0 Å². The highest BCUT2D eigenvalue weighted by molar-refractivity contribution is 9.10. The number of carbonyl (C=O) groups excluding carboxylic acids is 1. The first-order valence-corrected chi connectivity index (χ1v) is 15.3. The van der Waals surface area contributed by atoms with Crippen molar-refractivity contribution in [1.29, 1.82) is 0 Å². The van der Waals surface area contributed by atoms with Crippen LogP contribution >= 0.6 is 15.9 Å². The van der Waals surface area contributed by atoms with Gasteiger partial charge in [-0.3, -0.25) is 4.79 Å². The minimum atomic E-state index is -1.49. The molecule has 2 fully saturated rings. The summed E-state index contributed by atoms with van der Waals surface area (Å²) in [4.78, 5) is 23.9. The Balaban J connectivity index is 0.000000440. The summed E-state index contributed by atoms with van der Waals surface area (Å²) >= 11 is 3.12. The zero-order valence-electron chi connectivity index (χ0n) is 25.9. The molecule has 3 aromatic rings. The summed E-state index contributed by atoms with van der Waals surface area (Å²) in [6, 6.07) is 8.93. The second-order valence-electron chi connectivity index (χ2n) is 11.8. The zero-order chi connectivity index (χ0) is 33.1. The number of aliphatic hydroxyl groups excluding tert-OH is 3. The zero-order valence-corrected chi connectivity index (χ0v) is 27.5. The van der Waals surface area contributed by atoms with Crippen LogP contribution in [-0.4, -0.2) is 94.3 Å². The highest BCUT2D eigenvalue weighted by Crippen LogP contribution is 2.47. The van der Waals surface area contributed by atoms with Crippen molar-refractivity contribution in [3.05, 3.63) is 75.7 Å². The van der Waals surface area contributed by atoms with E-state index in [0.717, 1.165) is 5.56 Å². The average Bonchev–Trinajstić information content (AvgIpc) is 3.36. The molecule has 0 unspecified atom stereocenters. The fraction of sp³-hybridized carbons (Fsp3) is 0.469. The molecule has 244 valence electrons. The van der Waals surface area contributed by atoms with Gasteiger partial charge in [-0.05, 0) is 77.7 Å². The Labute approximate surface area is 269 Å². The van der Waals surface area contributed by atoms with Gasteiger partial charge in [-0.15, -0.1) is 0 Å². The topological polar surface area (TPSA) is 128 Å². The SMILES string of the molecule is COc1ccc([C@@H]2CN(C(=O)[C@@H](O)CO)C[C@@]2(C)[C@@H](C)O)cc1OC1CN(c2cc(C)c(F)cn2)C1.Cc1cc(Br)ncc1F. The molecule has 3 N–H and O–H groups in total. The summed E-state index contributed by atoms with van der Waals surface area (Å²) in [5.41, 5.74) is 1.35. The molecule has 1 aromatic carbocycles. The summed E-state index contributed by atoms with van der Waals surface area (Å²) in [6.45, 7) is 8.05. The number of aromatic nitrogens is 2. The average molecular weight is 694 g/mol. The van der Waals surface area contributed by atoms with E-state index >= 15 is 0 Å². The lowest BCUT2D eigenvalue weighted by molar-refractivity contribution is -0.141. The Morgan fingerprint density at radius 2 is 1.71 bits per heavy atom. The predicted octanol–water partition coefficient (Wildman–Crippen LogP) is 3.76. The number of hydrogen-bond donors (Lipinski definition) is 3. The second-order valence-corrected chi connectivity index (χ2v) is 12.6. The van der Waals surface area contributed by atoms with Gasteiger partial charge in [-0.1, -0.05) is 13.0 Å². The van der Waals surface area contributed by atoms with Crippen LogP contribution in [0.15, 0.2) is 47.3 Å². The fourth-order valence-electron chi connectivity index (χ4n) is 5.46. The maximum Gasteiger partial charge on any atom is 0.253 e. The Morgan fingerprint density at radius 1 is 1.07 bits per heavy atom. The largest absolute Gasteiger partial charge is 0.493 e. The highest BCUT2D eigenvalue weighted by Gasteiger charge is 2.49. The van der Waals surface area contributed by atoms with Gasteiger partial charge in [0.25, 0.3) is 5.91 Å². The minimum absolute atomic E-state index is 0.120. The van der Waals surface area contributed by atoms with E-state index in [-0.39, 0.29) is 36.7 Å². The molecule has 45 heavy (non-hydrogen) atoms. The van der Waals surface area contributed by atoms with E-state index in [1.807, 2.05) is 30.0 Å². The summed E-state index contributed by atoms with van der Waals surface area (Å²) in [5.74, 6) is 0.419. The Morgan fingerprint density at radius 3 is 2.27 bits per heavy atom. The van der Waals surface area contributed by atoms with Crippen molar-refractivity contribution < 1.29 is 38.4 Å². The predicted molar refractivity (Wildman–Crippen MR) is 167 cm³/mol. The Hall–Kier alpha value is -3.39. The lowest BCUT2D eigenvalue weighted by Crippen LogP contribution is -2.54. The maximum atomic E-state index is 13.5. The van der Waals surface area contributed by atoms with Crippen LogP contribution in [0.3, 0.4) is 0 Å². The molecule has 0 saturated carbocycles. The number of carbonyl (C=O) groups is 1. The molecule has 2 aliphatic heterocycles. The van der Waals surface area contributed by atoms with Crippen LogP contribution in [-0.2, 0) is 4.79 Å². The Bertz CT molecular complexity index is 1510. The first kappa shape index (κ1) is 34.5. The first-order valence-electron chi connectivity index (χ1n) is 14.5. The number of aryl methyl sites for hydroxylation is 2. The number of likely N-dealkylation sites (tertiary alicyclic amines) is 1. The van der Waals surface area contributed by atoms with E-state index in [1.54, 1.807) is 40.0 Å². The lowest BCUT2D eigenvalue weighted by atomic mass is 9.72. The number of anilines is 1. The molecular formula is C32H39BrF2N4O6. The van der Waals surface area contributed by atoms with Crippen LogP contribution in [0.1, 0.15) is 36.5 Å². The van der Waals surface area contributed by atoms with Crippen molar-refractivity contribution in [3.8, 4) is 11.5 Å². The van der Waals surface area contributed by atoms with Gasteiger partial charge in [-0.2, -0.15) is 0 Å². The number of benzene rings is 1. The minimum Gasteiger partial charge on any atom is -0.493 e. The molecule has 10 nitrogen and oxygen atoms in total. The van der Waals surface area contributed by atoms with Crippen LogP contribution in [0.4, 0.5) is 14.6 Å². The number of rotatable bonds is 8. The smallest absolute Gasteiger partial charge is 0.253 e. The molecule has 0 radical (unpaired) electrons. The maximum absolute atomic E-state index is 13.5. The highest BCUT2D eigenvalue weighted by atomic mass is 79.9. The standard InChI is InChI=1S/C26H34FN3O6.C6H5BrFN/c1-15-7-24(28-9-20(15)27)29-10-18(11-29)36-23-8-17(5-6-22(23)35-4)19-12-30(25(34)21(33)13-31)14-26(19,3)16(2)32;1-4-2-6(7)9-3-5(4)8/h5-9,16,18-19,21,31-33H,10-14H2,1-4H3;2-3H,1H3/t16-,19+,21+,26+;/m1./s1. The molecular weight excluding hydrogens is 654 g/mol. The fourth-order valence-corrected chi connectivity index (χ4v) is 5.91. The van der Waals surface area contributed by atoms with Gasteiger partial charge in [0.1, 0.15) is 28.2 Å². The monoisotopic (exact) mass is 692 g/mol. The van der Waals surface area contributed by atoms with Crippen molar-refractivity contribution >= 4 is 27.7 Å².